The van der Waals surface area contributed by atoms with E-state index in [1.807, 2.05) is 18.2 Å². The van der Waals surface area contributed by atoms with Crippen LogP contribution in [0.2, 0.25) is 0 Å². The predicted molar refractivity (Wildman–Crippen MR) is 109 cm³/mol. The molecule has 29 heavy (non-hydrogen) atoms. The summed E-state index contributed by atoms with van der Waals surface area (Å²) in [6.45, 7) is 1.33. The molecule has 0 saturated carbocycles. The zero-order chi connectivity index (χ0) is 21.0. The minimum atomic E-state index is -3.37. The normalized spacial score (nSPS) is 16.3. The van der Waals surface area contributed by atoms with E-state index in [2.05, 4.69) is 15.4 Å². The van der Waals surface area contributed by atoms with Crippen molar-refractivity contribution >= 4 is 16.1 Å². The quantitative estimate of drug-likeness (QED) is 0.714. The molecule has 0 atom stereocenters. The summed E-state index contributed by atoms with van der Waals surface area (Å²) < 4.78 is 28.9. The van der Waals surface area contributed by atoms with E-state index in [1.165, 1.54) is 8.61 Å². The first-order valence-electron chi connectivity index (χ1n) is 9.65. The van der Waals surface area contributed by atoms with Gasteiger partial charge in [-0.15, -0.1) is 0 Å². The number of hydrogen-bond donors (Lipinski definition) is 1. The molecule has 2 aromatic rings. The van der Waals surface area contributed by atoms with Crippen LogP contribution in [0.4, 0.5) is 0 Å². The maximum Gasteiger partial charge on any atom is 0.281 e. The van der Waals surface area contributed by atoms with E-state index in [4.69, 9.17) is 0 Å². The third-order valence-electron chi connectivity index (χ3n) is 5.15. The average molecular weight is 421 g/mol. The highest BCUT2D eigenvalue weighted by molar-refractivity contribution is 7.86. The zero-order valence-corrected chi connectivity index (χ0v) is 17.9. The molecule has 10 heteroatoms. The predicted octanol–water partition coefficient (Wildman–Crippen LogP) is 0.806. The van der Waals surface area contributed by atoms with Gasteiger partial charge < -0.3 is 5.32 Å². The lowest BCUT2D eigenvalue weighted by Gasteiger charge is -2.32. The fourth-order valence-electron chi connectivity index (χ4n) is 3.49. The van der Waals surface area contributed by atoms with E-state index in [9.17, 15) is 13.2 Å². The van der Waals surface area contributed by atoms with Gasteiger partial charge in [0, 0.05) is 46.6 Å². The summed E-state index contributed by atoms with van der Waals surface area (Å²) in [4.78, 5) is 16.9. The molecular formula is C19H28N6O3S. The van der Waals surface area contributed by atoms with Gasteiger partial charge in [0.1, 0.15) is 0 Å². The lowest BCUT2D eigenvalue weighted by molar-refractivity contribution is 0.0949. The Balaban J connectivity index is 1.60. The Morgan fingerprint density at radius 1 is 1.28 bits per heavy atom. The molecule has 0 aliphatic carbocycles. The van der Waals surface area contributed by atoms with Crippen LogP contribution < -0.4 is 5.32 Å². The van der Waals surface area contributed by atoms with Crippen molar-refractivity contribution in [3.05, 3.63) is 47.5 Å². The van der Waals surface area contributed by atoms with Crippen molar-refractivity contribution in [3.8, 4) is 0 Å². The third kappa shape index (κ3) is 5.20. The van der Waals surface area contributed by atoms with Crippen LogP contribution in [0.1, 0.15) is 34.6 Å². The van der Waals surface area contributed by atoms with Gasteiger partial charge in [-0.25, -0.2) is 0 Å². The van der Waals surface area contributed by atoms with Crippen molar-refractivity contribution in [3.63, 3.8) is 0 Å². The molecule has 3 heterocycles. The number of carbonyl (C=O) groups is 1. The molecule has 0 radical (unpaired) electrons. The van der Waals surface area contributed by atoms with Gasteiger partial charge in [0.2, 0.25) is 0 Å². The molecule has 1 aliphatic heterocycles. The van der Waals surface area contributed by atoms with E-state index >= 15 is 0 Å². The van der Waals surface area contributed by atoms with Crippen LogP contribution >= 0.6 is 0 Å². The monoisotopic (exact) mass is 420 g/mol. The third-order valence-corrected chi connectivity index (χ3v) is 7.09. The van der Waals surface area contributed by atoms with Gasteiger partial charge in [0.25, 0.3) is 16.1 Å². The van der Waals surface area contributed by atoms with Crippen molar-refractivity contribution in [2.45, 2.75) is 25.8 Å². The van der Waals surface area contributed by atoms with Crippen LogP contribution in [0.5, 0.6) is 0 Å². The molecule has 0 bridgehead atoms. The largest absolute Gasteiger partial charge is 0.346 e. The van der Waals surface area contributed by atoms with Crippen molar-refractivity contribution in [2.75, 3.05) is 27.2 Å². The zero-order valence-electron chi connectivity index (χ0n) is 17.1. The summed E-state index contributed by atoms with van der Waals surface area (Å²) in [6, 6.07) is 5.58. The molecule has 0 unspecified atom stereocenters. The first kappa shape index (κ1) is 21.4. The Kier molecular flexibility index (Phi) is 6.66. The number of aryl methyl sites for hydroxylation is 1. The molecular weight excluding hydrogens is 392 g/mol. The number of nitrogens with one attached hydrogen (secondary N) is 1. The lowest BCUT2D eigenvalue weighted by atomic mass is 9.92. The minimum absolute atomic E-state index is 0.175. The molecule has 1 amide bonds. The van der Waals surface area contributed by atoms with Crippen LogP contribution in [0, 0.1) is 5.92 Å². The second kappa shape index (κ2) is 9.02. The maximum absolute atomic E-state index is 12.7. The van der Waals surface area contributed by atoms with Gasteiger partial charge in [-0.2, -0.15) is 22.1 Å². The van der Waals surface area contributed by atoms with E-state index in [0.717, 1.165) is 24.2 Å². The summed E-state index contributed by atoms with van der Waals surface area (Å²) >= 11 is 0. The molecule has 2 aromatic heterocycles. The Labute approximate surface area is 171 Å². The standard InChI is InChI=1S/C19H28N6O3S/c1-23(2)29(27,28)25-10-7-15(8-11-25)12-18-17(14-24(3)22-18)19(26)21-13-16-6-4-5-9-20-16/h4-6,9,14-15H,7-8,10-13H2,1-3H3,(H,21,26). The maximum atomic E-state index is 12.7. The Morgan fingerprint density at radius 3 is 2.62 bits per heavy atom. The van der Waals surface area contributed by atoms with Crippen molar-refractivity contribution in [2.24, 2.45) is 13.0 Å². The molecule has 1 saturated heterocycles. The Hall–Kier alpha value is -2.30. The summed E-state index contributed by atoms with van der Waals surface area (Å²) in [7, 11) is 1.52. The molecule has 9 nitrogen and oxygen atoms in total. The second-order valence-electron chi connectivity index (χ2n) is 7.50. The number of pyridine rings is 1. The van der Waals surface area contributed by atoms with Gasteiger partial charge in [-0.05, 0) is 37.3 Å². The van der Waals surface area contributed by atoms with Crippen molar-refractivity contribution < 1.29 is 13.2 Å². The second-order valence-corrected chi connectivity index (χ2v) is 9.65. The van der Waals surface area contributed by atoms with Gasteiger partial charge in [0.05, 0.1) is 23.5 Å². The molecule has 3 rings (SSSR count). The number of rotatable bonds is 7. The van der Waals surface area contributed by atoms with Crippen LogP contribution in [0.15, 0.2) is 30.6 Å². The van der Waals surface area contributed by atoms with Crippen LogP contribution in [-0.4, -0.2) is 64.9 Å². The average Bonchev–Trinajstić information content (AvgIpc) is 3.07. The van der Waals surface area contributed by atoms with E-state index in [1.54, 1.807) is 38.2 Å². The van der Waals surface area contributed by atoms with Crippen LogP contribution in [-0.2, 0) is 30.2 Å². The van der Waals surface area contributed by atoms with E-state index in [-0.39, 0.29) is 5.91 Å². The van der Waals surface area contributed by atoms with Gasteiger partial charge in [-0.3, -0.25) is 14.5 Å². The fraction of sp³-hybridized carbons (Fsp3) is 0.526. The summed E-state index contributed by atoms with van der Waals surface area (Å²) in [5, 5.41) is 7.37. The number of carbonyl (C=O) groups excluding carboxylic acids is 1. The smallest absolute Gasteiger partial charge is 0.281 e. The topological polar surface area (TPSA) is 100 Å². The lowest BCUT2D eigenvalue weighted by Crippen LogP contribution is -2.44. The SMILES string of the molecule is CN(C)S(=O)(=O)N1CCC(Cc2nn(C)cc2C(=O)NCc2ccccn2)CC1. The molecule has 0 aromatic carbocycles. The molecule has 0 spiro atoms. The summed E-state index contributed by atoms with van der Waals surface area (Å²) in [5.74, 6) is 0.118. The highest BCUT2D eigenvalue weighted by Gasteiger charge is 2.30. The molecule has 1 aliphatic rings. The molecule has 158 valence electrons. The van der Waals surface area contributed by atoms with Crippen molar-refractivity contribution in [1.29, 1.82) is 0 Å². The van der Waals surface area contributed by atoms with E-state index in [0.29, 0.717) is 37.5 Å². The molecule has 1 fully saturated rings. The van der Waals surface area contributed by atoms with Crippen LogP contribution in [0.3, 0.4) is 0 Å². The van der Waals surface area contributed by atoms with Crippen molar-refractivity contribution in [1.82, 2.24) is 28.7 Å². The van der Waals surface area contributed by atoms with Gasteiger partial charge in [-0.1, -0.05) is 6.07 Å². The number of piperidine rings is 1. The highest BCUT2D eigenvalue weighted by Crippen LogP contribution is 2.24. The number of amides is 1. The first-order chi connectivity index (χ1) is 13.8. The summed E-state index contributed by atoms with van der Waals surface area (Å²) in [5.41, 5.74) is 2.10. The summed E-state index contributed by atoms with van der Waals surface area (Å²) in [6.07, 6.45) is 5.58. The Morgan fingerprint density at radius 2 is 2.00 bits per heavy atom. The van der Waals surface area contributed by atoms with Gasteiger partial charge >= 0.3 is 0 Å². The highest BCUT2D eigenvalue weighted by atomic mass is 32.2. The number of hydrogen-bond acceptors (Lipinski definition) is 5. The van der Waals surface area contributed by atoms with Gasteiger partial charge in [0.15, 0.2) is 0 Å². The number of nitrogens with zero attached hydrogens (tertiary/aromatic N) is 5. The van der Waals surface area contributed by atoms with Crippen LogP contribution in [0.25, 0.3) is 0 Å². The van der Waals surface area contributed by atoms with E-state index < -0.39 is 10.2 Å². The number of aromatic nitrogens is 3. The Bertz CT molecular complexity index is 934. The first-order valence-corrected chi connectivity index (χ1v) is 11.1. The molecule has 1 N–H and O–H groups in total. The fourth-order valence-corrected chi connectivity index (χ4v) is 4.63. The minimum Gasteiger partial charge on any atom is -0.346 e.